The Kier molecular flexibility index (Phi) is 4.70. The van der Waals surface area contributed by atoms with Crippen molar-refractivity contribution in [2.24, 2.45) is 0 Å². The van der Waals surface area contributed by atoms with Crippen molar-refractivity contribution in [2.45, 2.75) is 32.2 Å². The zero-order chi connectivity index (χ0) is 19.1. The number of hydrogen-bond donors (Lipinski definition) is 1. The summed E-state index contributed by atoms with van der Waals surface area (Å²) >= 11 is 13.0. The number of halogens is 2. The van der Waals surface area contributed by atoms with Gasteiger partial charge in [-0.15, -0.1) is 0 Å². The lowest BCUT2D eigenvalue weighted by Crippen LogP contribution is -2.36. The maximum atomic E-state index is 13.0. The molecule has 6 heteroatoms. The molecule has 2 aromatic carbocycles. The van der Waals surface area contributed by atoms with Crippen molar-refractivity contribution in [3.63, 3.8) is 0 Å². The Labute approximate surface area is 167 Å². The summed E-state index contributed by atoms with van der Waals surface area (Å²) in [5, 5.41) is 4.26. The maximum absolute atomic E-state index is 13.0. The van der Waals surface area contributed by atoms with Crippen LogP contribution in [-0.4, -0.2) is 11.7 Å². The second-order valence-corrected chi connectivity index (χ2v) is 7.55. The van der Waals surface area contributed by atoms with Gasteiger partial charge in [0, 0.05) is 40.2 Å². The number of rotatable bonds is 1. The fraction of sp³-hybridized carbons (Fsp3) is 0.238. The molecule has 4 rings (SSSR count). The fourth-order valence-electron chi connectivity index (χ4n) is 3.93. The van der Waals surface area contributed by atoms with Gasteiger partial charge in [-0.05, 0) is 37.1 Å². The third kappa shape index (κ3) is 3.03. The van der Waals surface area contributed by atoms with Gasteiger partial charge in [0.05, 0.1) is 17.4 Å². The Balaban J connectivity index is 2.07. The summed E-state index contributed by atoms with van der Waals surface area (Å²) in [5.41, 5.74) is 3.48. The van der Waals surface area contributed by atoms with E-state index in [0.717, 1.165) is 24.2 Å². The molecule has 2 aliphatic rings. The molecular formula is C21H18Cl2N2O2. The molecule has 27 heavy (non-hydrogen) atoms. The Morgan fingerprint density at radius 1 is 1.07 bits per heavy atom. The van der Waals surface area contributed by atoms with Gasteiger partial charge in [0.2, 0.25) is 5.91 Å². The van der Waals surface area contributed by atoms with E-state index in [4.69, 9.17) is 23.2 Å². The molecule has 0 fully saturated rings. The van der Waals surface area contributed by atoms with Gasteiger partial charge in [0.15, 0.2) is 5.78 Å². The van der Waals surface area contributed by atoms with Gasteiger partial charge in [-0.2, -0.15) is 0 Å². The molecule has 138 valence electrons. The van der Waals surface area contributed by atoms with Crippen molar-refractivity contribution < 1.29 is 9.59 Å². The van der Waals surface area contributed by atoms with E-state index in [1.165, 1.54) is 6.92 Å². The predicted molar refractivity (Wildman–Crippen MR) is 108 cm³/mol. The van der Waals surface area contributed by atoms with Crippen LogP contribution in [0.2, 0.25) is 10.0 Å². The molecule has 0 bridgehead atoms. The van der Waals surface area contributed by atoms with Crippen molar-refractivity contribution >= 4 is 46.3 Å². The average Bonchev–Trinajstić information content (AvgIpc) is 2.76. The van der Waals surface area contributed by atoms with Crippen LogP contribution in [0.25, 0.3) is 0 Å². The lowest BCUT2D eigenvalue weighted by molar-refractivity contribution is -0.117. The second kappa shape index (κ2) is 7.02. The van der Waals surface area contributed by atoms with E-state index in [2.05, 4.69) is 5.32 Å². The van der Waals surface area contributed by atoms with Gasteiger partial charge >= 0.3 is 0 Å². The zero-order valence-corrected chi connectivity index (χ0v) is 16.3. The van der Waals surface area contributed by atoms with Gasteiger partial charge in [-0.25, -0.2) is 0 Å². The van der Waals surface area contributed by atoms with E-state index in [1.807, 2.05) is 24.3 Å². The highest BCUT2D eigenvalue weighted by atomic mass is 35.5. The number of Topliss-reactive ketones (excluding diaryl/α,β-unsaturated/α-hetero) is 1. The molecule has 1 atom stereocenters. The SMILES string of the molecule is CC(=O)N1c2ccccc2NC2=C(C(=O)CCC2)C1c1c(Cl)cccc1Cl. The number of nitrogens with one attached hydrogen (secondary N) is 1. The van der Waals surface area contributed by atoms with Crippen molar-refractivity contribution in [1.29, 1.82) is 0 Å². The average molecular weight is 401 g/mol. The molecule has 0 aromatic heterocycles. The Bertz CT molecular complexity index is 964. The Morgan fingerprint density at radius 2 is 1.78 bits per heavy atom. The fourth-order valence-corrected chi connectivity index (χ4v) is 4.53. The molecular weight excluding hydrogens is 383 g/mol. The zero-order valence-electron chi connectivity index (χ0n) is 14.8. The molecule has 1 aliphatic carbocycles. The summed E-state index contributed by atoms with van der Waals surface area (Å²) in [6.45, 7) is 1.49. The van der Waals surface area contributed by atoms with Crippen LogP contribution < -0.4 is 10.2 Å². The van der Waals surface area contributed by atoms with E-state index >= 15 is 0 Å². The van der Waals surface area contributed by atoms with Crippen molar-refractivity contribution in [1.82, 2.24) is 0 Å². The summed E-state index contributed by atoms with van der Waals surface area (Å²) in [4.78, 5) is 27.4. The number of para-hydroxylation sites is 2. The van der Waals surface area contributed by atoms with Crippen LogP contribution in [0.3, 0.4) is 0 Å². The van der Waals surface area contributed by atoms with Crippen molar-refractivity contribution in [3.05, 3.63) is 69.3 Å². The van der Waals surface area contributed by atoms with Gasteiger partial charge in [-0.1, -0.05) is 41.4 Å². The highest BCUT2D eigenvalue weighted by molar-refractivity contribution is 6.36. The van der Waals surface area contributed by atoms with Crippen molar-refractivity contribution in [2.75, 3.05) is 10.2 Å². The first-order valence-corrected chi connectivity index (χ1v) is 9.60. The molecule has 0 radical (unpaired) electrons. The van der Waals surface area contributed by atoms with Crippen LogP contribution in [0, 0.1) is 0 Å². The van der Waals surface area contributed by atoms with Crippen LogP contribution >= 0.6 is 23.2 Å². The molecule has 4 nitrogen and oxygen atoms in total. The van der Waals surface area contributed by atoms with E-state index in [-0.39, 0.29) is 11.7 Å². The monoisotopic (exact) mass is 400 g/mol. The summed E-state index contributed by atoms with van der Waals surface area (Å²) < 4.78 is 0. The number of anilines is 2. The van der Waals surface area contributed by atoms with Gasteiger partial charge < -0.3 is 5.32 Å². The first kappa shape index (κ1) is 18.1. The molecule has 1 amide bonds. The van der Waals surface area contributed by atoms with Crippen LogP contribution in [0.4, 0.5) is 11.4 Å². The number of amides is 1. The summed E-state index contributed by atoms with van der Waals surface area (Å²) in [6, 6.07) is 12.1. The quantitative estimate of drug-likeness (QED) is 0.685. The van der Waals surface area contributed by atoms with Crippen LogP contribution in [0.15, 0.2) is 53.7 Å². The number of carbonyl (C=O) groups is 2. The Morgan fingerprint density at radius 3 is 2.48 bits per heavy atom. The van der Waals surface area contributed by atoms with Crippen LogP contribution in [0.5, 0.6) is 0 Å². The van der Waals surface area contributed by atoms with Crippen molar-refractivity contribution in [3.8, 4) is 0 Å². The van der Waals surface area contributed by atoms with Gasteiger partial charge in [-0.3, -0.25) is 14.5 Å². The number of allylic oxidation sites excluding steroid dienone is 1. The molecule has 1 unspecified atom stereocenters. The van der Waals surface area contributed by atoms with E-state index in [1.54, 1.807) is 23.1 Å². The largest absolute Gasteiger partial charge is 0.357 e. The van der Waals surface area contributed by atoms with Gasteiger partial charge in [0.1, 0.15) is 0 Å². The van der Waals surface area contributed by atoms with E-state index < -0.39 is 6.04 Å². The van der Waals surface area contributed by atoms with Crippen LogP contribution in [0.1, 0.15) is 37.8 Å². The lowest BCUT2D eigenvalue weighted by atomic mass is 9.85. The highest BCUT2D eigenvalue weighted by Gasteiger charge is 2.40. The number of benzene rings is 2. The highest BCUT2D eigenvalue weighted by Crippen LogP contribution is 2.47. The van der Waals surface area contributed by atoms with Gasteiger partial charge in [0.25, 0.3) is 0 Å². The lowest BCUT2D eigenvalue weighted by Gasteiger charge is -2.34. The number of carbonyl (C=O) groups excluding carboxylic acids is 2. The molecule has 0 saturated heterocycles. The summed E-state index contributed by atoms with van der Waals surface area (Å²) in [6.07, 6.45) is 1.96. The second-order valence-electron chi connectivity index (χ2n) is 6.74. The number of nitrogens with zero attached hydrogens (tertiary/aromatic N) is 1. The number of hydrogen-bond acceptors (Lipinski definition) is 3. The van der Waals surface area contributed by atoms with E-state index in [9.17, 15) is 9.59 Å². The third-order valence-electron chi connectivity index (χ3n) is 5.05. The molecule has 0 saturated carbocycles. The first-order valence-electron chi connectivity index (χ1n) is 8.85. The summed E-state index contributed by atoms with van der Waals surface area (Å²) in [5.74, 6) is -0.166. The maximum Gasteiger partial charge on any atom is 0.224 e. The normalized spacial score (nSPS) is 19.1. The molecule has 1 heterocycles. The predicted octanol–water partition coefficient (Wildman–Crippen LogP) is 5.52. The molecule has 0 spiro atoms. The molecule has 2 aromatic rings. The standard InChI is InChI=1S/C21H18Cl2N2O2/c1-12(26)25-17-10-3-2-8-15(17)24-16-9-5-11-18(27)20(16)21(25)19-13(22)6-4-7-14(19)23/h2-4,6-8,10,21,24H,5,9,11H2,1H3. The Hall–Kier alpha value is -2.30. The smallest absolute Gasteiger partial charge is 0.224 e. The minimum Gasteiger partial charge on any atom is -0.357 e. The topological polar surface area (TPSA) is 49.4 Å². The molecule has 1 N–H and O–H groups in total. The number of ketones is 1. The van der Waals surface area contributed by atoms with E-state index in [0.29, 0.717) is 33.3 Å². The third-order valence-corrected chi connectivity index (χ3v) is 5.71. The number of fused-ring (bicyclic) bond motifs is 1. The minimum atomic E-state index is -0.664. The molecule has 1 aliphatic heterocycles. The minimum absolute atomic E-state index is 0.0174. The van der Waals surface area contributed by atoms with Crippen LogP contribution in [-0.2, 0) is 9.59 Å². The summed E-state index contributed by atoms with van der Waals surface area (Å²) in [7, 11) is 0. The first-order chi connectivity index (χ1) is 13.0.